The van der Waals surface area contributed by atoms with Crippen LogP contribution in [0.3, 0.4) is 0 Å². The number of benzene rings is 2. The van der Waals surface area contributed by atoms with Crippen LogP contribution in [-0.4, -0.2) is 28.8 Å². The molecular weight excluding hydrogens is 388 g/mol. The number of nitrogens with zero attached hydrogens (tertiary/aromatic N) is 1. The number of amides is 1. The molecular formula is C22H22N2O6. The van der Waals surface area contributed by atoms with Crippen molar-refractivity contribution < 1.29 is 23.5 Å². The zero-order valence-electron chi connectivity index (χ0n) is 16.7. The molecule has 1 heterocycles. The Kier molecular flexibility index (Phi) is 6.46. The summed E-state index contributed by atoms with van der Waals surface area (Å²) in [6.45, 7) is 2.99. The summed E-state index contributed by atoms with van der Waals surface area (Å²) < 4.78 is 11.5. The third kappa shape index (κ3) is 5.02. The Morgan fingerprint density at radius 1 is 1.10 bits per heavy atom. The molecule has 8 nitrogen and oxygen atoms in total. The molecule has 0 saturated carbocycles. The largest absolute Gasteiger partial charge is 0.457 e. The zero-order chi connectivity index (χ0) is 21.7. The number of carbonyl (C=O) groups excluding carboxylic acids is 3. The van der Waals surface area contributed by atoms with Gasteiger partial charge in [-0.1, -0.05) is 36.4 Å². The predicted molar refractivity (Wildman–Crippen MR) is 109 cm³/mol. The van der Waals surface area contributed by atoms with Crippen LogP contribution < -0.4 is 11.1 Å². The summed E-state index contributed by atoms with van der Waals surface area (Å²) in [6, 6.07) is 13.5. The molecule has 0 aliphatic heterocycles. The summed E-state index contributed by atoms with van der Waals surface area (Å²) in [4.78, 5) is 47.3. The van der Waals surface area contributed by atoms with Crippen LogP contribution in [0.5, 0.6) is 0 Å². The van der Waals surface area contributed by atoms with E-state index in [4.69, 9.17) is 9.15 Å². The fraction of sp³-hybridized carbons (Fsp3) is 0.273. The van der Waals surface area contributed by atoms with E-state index in [1.165, 1.54) is 11.5 Å². The number of ketones is 1. The molecule has 0 saturated heterocycles. The number of nitrogens with one attached hydrogen (secondary N) is 1. The average Bonchev–Trinajstić information content (AvgIpc) is 3.05. The second-order valence-electron chi connectivity index (χ2n) is 6.87. The highest BCUT2D eigenvalue weighted by molar-refractivity contribution is 5.98. The molecule has 0 aliphatic carbocycles. The third-order valence-electron chi connectivity index (χ3n) is 4.63. The van der Waals surface area contributed by atoms with Crippen molar-refractivity contribution in [2.45, 2.75) is 32.9 Å². The van der Waals surface area contributed by atoms with Gasteiger partial charge in [0.25, 0.3) is 0 Å². The van der Waals surface area contributed by atoms with Gasteiger partial charge in [0.2, 0.25) is 5.91 Å². The van der Waals surface area contributed by atoms with Crippen molar-refractivity contribution >= 4 is 28.8 Å². The van der Waals surface area contributed by atoms with E-state index < -0.39 is 11.7 Å². The minimum atomic E-state index is -0.587. The standard InChI is InChI=1S/C22H22N2O6/c1-14(23-15(2)25)16-7-9-17(10-8-16)19(26)13-29-21(27)11-12-24-18-5-3-4-6-20(18)30-22(24)28/h3-10,14H,11-13H2,1-2H3,(H,23,25)/t14-/m1/s1. The van der Waals surface area contributed by atoms with Crippen molar-refractivity contribution in [3.05, 3.63) is 70.2 Å². The van der Waals surface area contributed by atoms with Gasteiger partial charge in [-0.05, 0) is 24.6 Å². The van der Waals surface area contributed by atoms with Gasteiger partial charge in [0, 0.05) is 19.0 Å². The van der Waals surface area contributed by atoms with E-state index >= 15 is 0 Å². The number of aryl methyl sites for hydroxylation is 1. The zero-order valence-corrected chi connectivity index (χ0v) is 16.7. The van der Waals surface area contributed by atoms with Crippen LogP contribution >= 0.6 is 0 Å². The first-order valence-electron chi connectivity index (χ1n) is 9.49. The Labute approximate surface area is 172 Å². The van der Waals surface area contributed by atoms with Crippen molar-refractivity contribution in [3.63, 3.8) is 0 Å². The fourth-order valence-corrected chi connectivity index (χ4v) is 3.08. The molecule has 156 valence electrons. The quantitative estimate of drug-likeness (QED) is 0.452. The molecule has 1 aromatic heterocycles. The molecule has 30 heavy (non-hydrogen) atoms. The molecule has 1 N–H and O–H groups in total. The Bertz CT molecular complexity index is 1130. The lowest BCUT2D eigenvalue weighted by Crippen LogP contribution is -2.23. The first-order chi connectivity index (χ1) is 14.3. The van der Waals surface area contributed by atoms with Crippen molar-refractivity contribution in [1.29, 1.82) is 0 Å². The maximum absolute atomic E-state index is 12.3. The van der Waals surface area contributed by atoms with E-state index in [-0.39, 0.29) is 37.3 Å². The Hall–Kier alpha value is -3.68. The SMILES string of the molecule is CC(=O)N[C@H](C)c1ccc(C(=O)COC(=O)CCn2c(=O)oc3ccccc32)cc1. The molecule has 0 unspecified atom stereocenters. The van der Waals surface area contributed by atoms with Crippen molar-refractivity contribution in [3.8, 4) is 0 Å². The predicted octanol–water partition coefficient (Wildman–Crippen LogP) is 2.61. The number of aromatic nitrogens is 1. The second-order valence-corrected chi connectivity index (χ2v) is 6.87. The van der Waals surface area contributed by atoms with Gasteiger partial charge >= 0.3 is 11.7 Å². The topological polar surface area (TPSA) is 108 Å². The minimum Gasteiger partial charge on any atom is -0.457 e. The van der Waals surface area contributed by atoms with E-state index in [0.29, 0.717) is 16.7 Å². The Balaban J connectivity index is 1.52. The number of oxazole rings is 1. The summed E-state index contributed by atoms with van der Waals surface area (Å²) in [7, 11) is 0. The van der Waals surface area contributed by atoms with E-state index in [0.717, 1.165) is 5.56 Å². The highest BCUT2D eigenvalue weighted by Crippen LogP contribution is 2.14. The normalized spacial score (nSPS) is 11.8. The number of esters is 1. The molecule has 0 bridgehead atoms. The highest BCUT2D eigenvalue weighted by atomic mass is 16.5. The summed E-state index contributed by atoms with van der Waals surface area (Å²) in [5.41, 5.74) is 2.30. The van der Waals surface area contributed by atoms with Crippen LogP contribution in [0.1, 0.15) is 42.2 Å². The van der Waals surface area contributed by atoms with E-state index in [2.05, 4.69) is 5.32 Å². The number of hydrogen-bond donors (Lipinski definition) is 1. The summed E-state index contributed by atoms with van der Waals surface area (Å²) in [6.07, 6.45) is -0.0656. The second kappa shape index (κ2) is 9.21. The summed E-state index contributed by atoms with van der Waals surface area (Å²) in [5.74, 6) is -1.61. The number of rotatable bonds is 8. The number of para-hydroxylation sites is 2. The average molecular weight is 410 g/mol. The molecule has 3 aromatic rings. The monoisotopic (exact) mass is 410 g/mol. The van der Waals surface area contributed by atoms with Crippen LogP contribution in [0.4, 0.5) is 0 Å². The molecule has 0 spiro atoms. The van der Waals surface area contributed by atoms with Crippen LogP contribution in [0, 0.1) is 0 Å². The molecule has 1 amide bonds. The van der Waals surface area contributed by atoms with Crippen LogP contribution in [0.2, 0.25) is 0 Å². The van der Waals surface area contributed by atoms with E-state index in [9.17, 15) is 19.2 Å². The van der Waals surface area contributed by atoms with Crippen LogP contribution in [0.15, 0.2) is 57.7 Å². The lowest BCUT2D eigenvalue weighted by Gasteiger charge is -2.13. The molecule has 2 aromatic carbocycles. The van der Waals surface area contributed by atoms with Crippen LogP contribution in [0.25, 0.3) is 11.1 Å². The minimum absolute atomic E-state index is 0.0656. The van der Waals surface area contributed by atoms with Gasteiger partial charge in [-0.2, -0.15) is 0 Å². The molecule has 8 heteroatoms. The van der Waals surface area contributed by atoms with Gasteiger partial charge in [0.1, 0.15) is 0 Å². The fourth-order valence-electron chi connectivity index (χ4n) is 3.08. The first-order valence-corrected chi connectivity index (χ1v) is 9.49. The van der Waals surface area contributed by atoms with E-state index in [1.807, 2.05) is 6.92 Å². The number of fused-ring (bicyclic) bond motifs is 1. The lowest BCUT2D eigenvalue weighted by atomic mass is 10.0. The number of Topliss-reactive ketones (excluding diaryl/α,β-unsaturated/α-hetero) is 1. The molecule has 0 aliphatic rings. The van der Waals surface area contributed by atoms with Gasteiger partial charge in [0.05, 0.1) is 18.0 Å². The molecule has 1 atom stereocenters. The Morgan fingerprint density at radius 3 is 2.50 bits per heavy atom. The first kappa shape index (κ1) is 21.0. The van der Waals surface area contributed by atoms with Gasteiger partial charge in [-0.25, -0.2) is 4.79 Å². The van der Waals surface area contributed by atoms with Crippen molar-refractivity contribution in [1.82, 2.24) is 9.88 Å². The lowest BCUT2D eigenvalue weighted by molar-refractivity contribution is -0.142. The molecule has 0 fully saturated rings. The van der Waals surface area contributed by atoms with Gasteiger partial charge in [-0.3, -0.25) is 19.0 Å². The Morgan fingerprint density at radius 2 is 1.80 bits per heavy atom. The maximum Gasteiger partial charge on any atom is 0.419 e. The van der Waals surface area contributed by atoms with Gasteiger partial charge in [0.15, 0.2) is 18.0 Å². The highest BCUT2D eigenvalue weighted by Gasteiger charge is 2.14. The summed E-state index contributed by atoms with van der Waals surface area (Å²) in [5, 5.41) is 2.76. The summed E-state index contributed by atoms with van der Waals surface area (Å²) >= 11 is 0. The van der Waals surface area contributed by atoms with Crippen molar-refractivity contribution in [2.75, 3.05) is 6.61 Å². The smallest absolute Gasteiger partial charge is 0.419 e. The van der Waals surface area contributed by atoms with Crippen molar-refractivity contribution in [2.24, 2.45) is 0 Å². The van der Waals surface area contributed by atoms with Gasteiger partial charge < -0.3 is 14.5 Å². The maximum atomic E-state index is 12.3. The molecule has 3 rings (SSSR count). The van der Waals surface area contributed by atoms with E-state index in [1.54, 1.807) is 48.5 Å². The number of ether oxygens (including phenoxy) is 1. The molecule has 0 radical (unpaired) electrons. The third-order valence-corrected chi connectivity index (χ3v) is 4.63. The van der Waals surface area contributed by atoms with Gasteiger partial charge in [-0.15, -0.1) is 0 Å². The van der Waals surface area contributed by atoms with Crippen LogP contribution in [-0.2, 0) is 20.9 Å². The number of hydrogen-bond acceptors (Lipinski definition) is 6. The number of carbonyl (C=O) groups is 3.